The van der Waals surface area contributed by atoms with Gasteiger partial charge in [-0.1, -0.05) is 28.9 Å². The van der Waals surface area contributed by atoms with E-state index in [0.717, 1.165) is 5.56 Å². The van der Waals surface area contributed by atoms with E-state index < -0.39 is 5.91 Å². The number of nitrogens with one attached hydrogen (secondary N) is 1. The lowest BCUT2D eigenvalue weighted by Crippen LogP contribution is -2.13. The Bertz CT molecular complexity index is 938. The topological polar surface area (TPSA) is 111 Å². The van der Waals surface area contributed by atoms with Crippen LogP contribution in [0.4, 0.5) is 5.69 Å². The van der Waals surface area contributed by atoms with E-state index in [2.05, 4.69) is 15.5 Å². The minimum atomic E-state index is -0.519. The van der Waals surface area contributed by atoms with Crippen LogP contribution in [0.25, 0.3) is 11.4 Å². The number of amides is 2. The zero-order valence-electron chi connectivity index (χ0n) is 13.6. The molecule has 3 rings (SSSR count). The van der Waals surface area contributed by atoms with Gasteiger partial charge >= 0.3 is 0 Å². The van der Waals surface area contributed by atoms with Crippen LogP contribution >= 0.6 is 11.6 Å². The minimum Gasteiger partial charge on any atom is -0.366 e. The molecule has 0 spiro atoms. The Morgan fingerprint density at radius 1 is 1.15 bits per heavy atom. The van der Waals surface area contributed by atoms with Gasteiger partial charge in [0.05, 0.1) is 0 Å². The molecule has 0 bridgehead atoms. The first-order chi connectivity index (χ1) is 12.5. The predicted octanol–water partition coefficient (Wildman–Crippen LogP) is 3.06. The second kappa shape index (κ2) is 7.79. The maximum Gasteiger partial charge on any atom is 0.248 e. The standard InChI is InChI=1S/C18H15ClN4O3/c19-13-3-1-2-12(10-13)18-22-16(26-23-18)9-8-15(24)21-14-6-4-11(5-7-14)17(20)25/h1-7,10H,8-9H2,(H2,20,25)(H,21,24). The normalized spacial score (nSPS) is 10.5. The number of nitrogens with zero attached hydrogens (tertiary/aromatic N) is 2. The van der Waals surface area contributed by atoms with Gasteiger partial charge < -0.3 is 15.6 Å². The molecule has 0 aliphatic carbocycles. The highest BCUT2D eigenvalue weighted by atomic mass is 35.5. The molecule has 26 heavy (non-hydrogen) atoms. The van der Waals surface area contributed by atoms with Crippen molar-refractivity contribution in [2.75, 3.05) is 5.32 Å². The van der Waals surface area contributed by atoms with E-state index in [4.69, 9.17) is 21.9 Å². The summed E-state index contributed by atoms with van der Waals surface area (Å²) in [7, 11) is 0. The largest absolute Gasteiger partial charge is 0.366 e. The van der Waals surface area contributed by atoms with E-state index in [9.17, 15) is 9.59 Å². The summed E-state index contributed by atoms with van der Waals surface area (Å²) in [5.41, 5.74) is 6.87. The van der Waals surface area contributed by atoms with Gasteiger partial charge in [-0.2, -0.15) is 4.98 Å². The Kier molecular flexibility index (Phi) is 5.28. The summed E-state index contributed by atoms with van der Waals surface area (Å²) in [5.74, 6) is 0.0539. The van der Waals surface area contributed by atoms with Gasteiger partial charge in [-0.25, -0.2) is 0 Å². The number of halogens is 1. The predicted molar refractivity (Wildman–Crippen MR) is 96.7 cm³/mol. The third kappa shape index (κ3) is 4.46. The summed E-state index contributed by atoms with van der Waals surface area (Å²) < 4.78 is 5.17. The third-order valence-electron chi connectivity index (χ3n) is 3.57. The fraction of sp³-hybridized carbons (Fsp3) is 0.111. The molecule has 1 heterocycles. The summed E-state index contributed by atoms with van der Waals surface area (Å²) >= 11 is 5.94. The number of hydrogen-bond donors (Lipinski definition) is 2. The molecule has 0 aliphatic heterocycles. The first-order valence-corrected chi connectivity index (χ1v) is 8.17. The molecule has 2 aromatic carbocycles. The molecule has 3 aromatic rings. The second-order valence-corrected chi connectivity index (χ2v) is 5.95. The number of primary amides is 1. The lowest BCUT2D eigenvalue weighted by atomic mass is 10.2. The summed E-state index contributed by atoms with van der Waals surface area (Å²) in [4.78, 5) is 27.3. The highest BCUT2D eigenvalue weighted by Crippen LogP contribution is 2.20. The molecule has 0 radical (unpaired) electrons. The van der Waals surface area contributed by atoms with Crippen molar-refractivity contribution < 1.29 is 14.1 Å². The molecule has 0 fully saturated rings. The van der Waals surface area contributed by atoms with Crippen molar-refractivity contribution in [3.05, 3.63) is 65.0 Å². The van der Waals surface area contributed by atoms with E-state index in [-0.39, 0.29) is 12.3 Å². The number of anilines is 1. The van der Waals surface area contributed by atoms with E-state index in [1.165, 1.54) is 0 Å². The number of aryl methyl sites for hydroxylation is 1. The van der Waals surface area contributed by atoms with Gasteiger partial charge in [0, 0.05) is 34.7 Å². The van der Waals surface area contributed by atoms with Crippen LogP contribution in [0.5, 0.6) is 0 Å². The first kappa shape index (κ1) is 17.6. The van der Waals surface area contributed by atoms with Crippen molar-refractivity contribution in [2.24, 2.45) is 5.73 Å². The van der Waals surface area contributed by atoms with E-state index in [0.29, 0.717) is 34.4 Å². The second-order valence-electron chi connectivity index (χ2n) is 5.51. The molecule has 2 amide bonds. The van der Waals surface area contributed by atoms with Crippen LogP contribution in [0.1, 0.15) is 22.7 Å². The molecule has 8 heteroatoms. The number of nitrogens with two attached hydrogens (primary N) is 1. The zero-order chi connectivity index (χ0) is 18.5. The summed E-state index contributed by atoms with van der Waals surface area (Å²) in [6, 6.07) is 13.4. The molecule has 3 N–H and O–H groups in total. The molecule has 0 unspecified atom stereocenters. The molecular weight excluding hydrogens is 356 g/mol. The maximum absolute atomic E-state index is 12.0. The fourth-order valence-electron chi connectivity index (χ4n) is 2.26. The Balaban J connectivity index is 1.55. The van der Waals surface area contributed by atoms with Crippen molar-refractivity contribution in [1.82, 2.24) is 10.1 Å². The van der Waals surface area contributed by atoms with Gasteiger partial charge in [0.2, 0.25) is 23.5 Å². The van der Waals surface area contributed by atoms with Crippen molar-refractivity contribution in [2.45, 2.75) is 12.8 Å². The minimum absolute atomic E-state index is 0.175. The van der Waals surface area contributed by atoms with Crippen molar-refractivity contribution >= 4 is 29.1 Å². The van der Waals surface area contributed by atoms with Gasteiger partial charge in [0.25, 0.3) is 0 Å². The maximum atomic E-state index is 12.0. The van der Waals surface area contributed by atoms with Gasteiger partial charge in [-0.3, -0.25) is 9.59 Å². The lowest BCUT2D eigenvalue weighted by Gasteiger charge is -2.04. The van der Waals surface area contributed by atoms with E-state index in [1.54, 1.807) is 42.5 Å². The molecule has 7 nitrogen and oxygen atoms in total. The van der Waals surface area contributed by atoms with Crippen molar-refractivity contribution in [1.29, 1.82) is 0 Å². The van der Waals surface area contributed by atoms with E-state index >= 15 is 0 Å². The summed E-state index contributed by atoms with van der Waals surface area (Å²) in [5, 5.41) is 7.20. The van der Waals surface area contributed by atoms with Gasteiger partial charge in [-0.05, 0) is 36.4 Å². The quantitative estimate of drug-likeness (QED) is 0.692. The Morgan fingerprint density at radius 3 is 2.62 bits per heavy atom. The first-order valence-electron chi connectivity index (χ1n) is 7.79. The van der Waals surface area contributed by atoms with Crippen molar-refractivity contribution in [3.63, 3.8) is 0 Å². The SMILES string of the molecule is NC(=O)c1ccc(NC(=O)CCc2nc(-c3cccc(Cl)c3)no2)cc1. The van der Waals surface area contributed by atoms with Gasteiger partial charge in [-0.15, -0.1) is 0 Å². The molecule has 0 saturated heterocycles. The highest BCUT2D eigenvalue weighted by molar-refractivity contribution is 6.30. The Hall–Kier alpha value is -3.19. The molecule has 0 saturated carbocycles. The number of hydrogen-bond acceptors (Lipinski definition) is 5. The highest BCUT2D eigenvalue weighted by Gasteiger charge is 2.11. The zero-order valence-corrected chi connectivity index (χ0v) is 14.4. The monoisotopic (exact) mass is 370 g/mol. The molecular formula is C18H15ClN4O3. The number of carbonyl (C=O) groups excluding carboxylic acids is 2. The average molecular weight is 371 g/mol. The van der Waals surface area contributed by atoms with Crippen LogP contribution in [-0.4, -0.2) is 22.0 Å². The smallest absolute Gasteiger partial charge is 0.248 e. The van der Waals surface area contributed by atoms with Crippen LogP contribution in [0.15, 0.2) is 53.1 Å². The van der Waals surface area contributed by atoms with Crippen LogP contribution in [0.2, 0.25) is 5.02 Å². The number of benzene rings is 2. The van der Waals surface area contributed by atoms with E-state index in [1.807, 2.05) is 6.07 Å². The Labute approximate surface area is 154 Å². The molecule has 0 atom stereocenters. The number of aromatic nitrogens is 2. The van der Waals surface area contributed by atoms with Gasteiger partial charge in [0.1, 0.15) is 0 Å². The number of rotatable bonds is 6. The molecule has 132 valence electrons. The summed E-state index contributed by atoms with van der Waals surface area (Å²) in [6.07, 6.45) is 0.480. The van der Waals surface area contributed by atoms with Crippen LogP contribution < -0.4 is 11.1 Å². The van der Waals surface area contributed by atoms with Crippen molar-refractivity contribution in [3.8, 4) is 11.4 Å². The fourth-order valence-corrected chi connectivity index (χ4v) is 2.45. The lowest BCUT2D eigenvalue weighted by molar-refractivity contribution is -0.116. The summed E-state index contributed by atoms with van der Waals surface area (Å²) in [6.45, 7) is 0. The molecule has 0 aliphatic rings. The molecule has 1 aromatic heterocycles. The number of carbonyl (C=O) groups is 2. The van der Waals surface area contributed by atoms with Crippen LogP contribution in [0.3, 0.4) is 0 Å². The van der Waals surface area contributed by atoms with Gasteiger partial charge in [0.15, 0.2) is 0 Å². The van der Waals surface area contributed by atoms with Crippen LogP contribution in [0, 0.1) is 0 Å². The average Bonchev–Trinajstić information content (AvgIpc) is 3.09. The Morgan fingerprint density at radius 2 is 1.92 bits per heavy atom. The van der Waals surface area contributed by atoms with Crippen LogP contribution in [-0.2, 0) is 11.2 Å². The third-order valence-corrected chi connectivity index (χ3v) is 3.81.